The van der Waals surface area contributed by atoms with E-state index in [1.807, 2.05) is 0 Å². The van der Waals surface area contributed by atoms with E-state index in [1.54, 1.807) is 22.3 Å². The van der Waals surface area contributed by atoms with E-state index in [1.165, 1.54) is 32.8 Å². The van der Waals surface area contributed by atoms with E-state index in [4.69, 9.17) is 0 Å². The highest BCUT2D eigenvalue weighted by molar-refractivity contribution is 14.1. The first-order valence-electron chi connectivity index (χ1n) is 6.78. The highest BCUT2D eigenvalue weighted by atomic mass is 127. The molecule has 0 N–H and O–H groups in total. The number of benzene rings is 2. The van der Waals surface area contributed by atoms with Gasteiger partial charge < -0.3 is 0 Å². The third kappa shape index (κ3) is 1.68. The van der Waals surface area contributed by atoms with Gasteiger partial charge in [0.05, 0.1) is 0 Å². The fraction of sp³-hybridized carbons (Fsp3) is 0.294. The van der Waals surface area contributed by atoms with Gasteiger partial charge in [0.1, 0.15) is 0 Å². The zero-order valence-corrected chi connectivity index (χ0v) is 14.9. The van der Waals surface area contributed by atoms with Crippen LogP contribution in [-0.2, 0) is 18.3 Å². The fourth-order valence-corrected chi connectivity index (χ4v) is 6.21. The minimum atomic E-state index is 0.320. The summed E-state index contributed by atoms with van der Waals surface area (Å²) in [5.41, 5.74) is 6.76. The molecular weight excluding hydrogens is 458 g/mol. The number of hydrogen-bond donors (Lipinski definition) is 0. The topological polar surface area (TPSA) is 0 Å². The van der Waals surface area contributed by atoms with E-state index in [9.17, 15) is 0 Å². The summed E-state index contributed by atoms with van der Waals surface area (Å²) in [6.07, 6.45) is 5.10. The maximum atomic E-state index is 2.53. The molecule has 0 unspecified atom stereocenters. The van der Waals surface area contributed by atoms with Crippen molar-refractivity contribution in [3.8, 4) is 0 Å². The SMILES string of the molecule is Ic1cccc2c1C1(CC2)CCc2cccc(I)c21. The van der Waals surface area contributed by atoms with Crippen molar-refractivity contribution in [3.05, 3.63) is 65.8 Å². The maximum Gasteiger partial charge on any atom is 0.0235 e. The van der Waals surface area contributed by atoms with Crippen molar-refractivity contribution in [2.75, 3.05) is 0 Å². The van der Waals surface area contributed by atoms with Gasteiger partial charge >= 0.3 is 0 Å². The van der Waals surface area contributed by atoms with Gasteiger partial charge in [-0.2, -0.15) is 0 Å². The molecule has 0 aromatic heterocycles. The Labute approximate surface area is 141 Å². The molecule has 4 rings (SSSR count). The molecule has 0 aliphatic heterocycles. The van der Waals surface area contributed by atoms with E-state index in [2.05, 4.69) is 81.6 Å². The lowest BCUT2D eigenvalue weighted by Gasteiger charge is -2.28. The fourth-order valence-electron chi connectivity index (χ4n) is 4.07. The molecule has 0 fully saturated rings. The summed E-state index contributed by atoms with van der Waals surface area (Å²) in [4.78, 5) is 0. The van der Waals surface area contributed by atoms with Crippen molar-refractivity contribution in [2.24, 2.45) is 0 Å². The molecule has 0 nitrogen and oxygen atoms in total. The van der Waals surface area contributed by atoms with E-state index in [0.29, 0.717) is 5.41 Å². The first-order valence-corrected chi connectivity index (χ1v) is 8.94. The van der Waals surface area contributed by atoms with Gasteiger partial charge in [-0.15, -0.1) is 0 Å². The predicted octanol–water partition coefficient (Wildman–Crippen LogP) is 5.07. The van der Waals surface area contributed by atoms with Gasteiger partial charge in [0, 0.05) is 12.6 Å². The van der Waals surface area contributed by atoms with Crippen LogP contribution >= 0.6 is 45.2 Å². The third-order valence-electron chi connectivity index (χ3n) is 4.80. The van der Waals surface area contributed by atoms with Crippen LogP contribution < -0.4 is 0 Å². The monoisotopic (exact) mass is 472 g/mol. The Morgan fingerprint density at radius 3 is 1.68 bits per heavy atom. The van der Waals surface area contributed by atoms with Gasteiger partial charge in [0.25, 0.3) is 0 Å². The van der Waals surface area contributed by atoms with E-state index >= 15 is 0 Å². The van der Waals surface area contributed by atoms with Crippen molar-refractivity contribution >= 4 is 45.2 Å². The second kappa shape index (κ2) is 4.45. The zero-order valence-electron chi connectivity index (χ0n) is 10.5. The number of aryl methyl sites for hydroxylation is 2. The molecule has 96 valence electrons. The molecule has 2 aliphatic rings. The van der Waals surface area contributed by atoms with E-state index in [0.717, 1.165) is 0 Å². The third-order valence-corrected chi connectivity index (χ3v) is 6.60. The van der Waals surface area contributed by atoms with E-state index < -0.39 is 0 Å². The molecule has 0 amide bonds. The second-order valence-corrected chi connectivity index (χ2v) is 7.95. The number of hydrogen-bond acceptors (Lipinski definition) is 0. The van der Waals surface area contributed by atoms with Crippen LogP contribution in [0.25, 0.3) is 0 Å². The summed E-state index contributed by atoms with van der Waals surface area (Å²) in [6, 6.07) is 13.7. The normalized spacial score (nSPS) is 18.6. The molecule has 2 heteroatoms. The number of rotatable bonds is 0. The van der Waals surface area contributed by atoms with Crippen LogP contribution in [0.2, 0.25) is 0 Å². The quantitative estimate of drug-likeness (QED) is 0.470. The van der Waals surface area contributed by atoms with Crippen molar-refractivity contribution < 1.29 is 0 Å². The smallest absolute Gasteiger partial charge is 0.0235 e. The largest absolute Gasteiger partial charge is 0.0609 e. The summed E-state index contributed by atoms with van der Waals surface area (Å²) in [7, 11) is 0. The molecule has 19 heavy (non-hydrogen) atoms. The standard InChI is InChI=1S/C17H14I2/c18-13-5-1-3-11-7-9-17(15(11)13)10-8-12-4-2-6-14(19)16(12)17/h1-6H,7-10H2. The molecule has 0 heterocycles. The number of fused-ring (bicyclic) bond motifs is 4. The lowest BCUT2D eigenvalue weighted by atomic mass is 9.77. The first-order chi connectivity index (χ1) is 9.22. The Morgan fingerprint density at radius 1 is 0.737 bits per heavy atom. The van der Waals surface area contributed by atoms with Crippen molar-refractivity contribution in [2.45, 2.75) is 31.1 Å². The van der Waals surface area contributed by atoms with Crippen LogP contribution in [0.5, 0.6) is 0 Å². The van der Waals surface area contributed by atoms with Crippen LogP contribution in [0, 0.1) is 7.14 Å². The Bertz CT molecular complexity index is 613. The van der Waals surface area contributed by atoms with E-state index in [-0.39, 0.29) is 0 Å². The molecule has 0 atom stereocenters. The van der Waals surface area contributed by atoms with Gasteiger partial charge in [-0.1, -0.05) is 24.3 Å². The van der Waals surface area contributed by atoms with Gasteiger partial charge in [0.15, 0.2) is 0 Å². The van der Waals surface area contributed by atoms with Gasteiger partial charge in [-0.05, 0) is 105 Å². The molecule has 1 spiro atoms. The first kappa shape index (κ1) is 12.6. The maximum absolute atomic E-state index is 2.53. The average Bonchev–Trinajstić information content (AvgIpc) is 2.96. The van der Waals surface area contributed by atoms with Crippen LogP contribution in [-0.4, -0.2) is 0 Å². The summed E-state index contributed by atoms with van der Waals surface area (Å²) in [6.45, 7) is 0. The van der Waals surface area contributed by atoms with Crippen LogP contribution in [0.1, 0.15) is 35.1 Å². The average molecular weight is 472 g/mol. The Balaban J connectivity index is 2.03. The Hall–Kier alpha value is -0.100. The predicted molar refractivity (Wildman–Crippen MR) is 95.7 cm³/mol. The molecule has 2 aliphatic carbocycles. The van der Waals surface area contributed by atoms with Crippen molar-refractivity contribution in [3.63, 3.8) is 0 Å². The molecule has 0 radical (unpaired) electrons. The summed E-state index contributed by atoms with van der Waals surface area (Å²) in [5.74, 6) is 0. The summed E-state index contributed by atoms with van der Waals surface area (Å²) in [5, 5.41) is 0. The lowest BCUT2D eigenvalue weighted by molar-refractivity contribution is 0.503. The van der Waals surface area contributed by atoms with Gasteiger partial charge in [0.2, 0.25) is 0 Å². The minimum absolute atomic E-state index is 0.320. The molecule has 0 saturated carbocycles. The summed E-state index contributed by atoms with van der Waals surface area (Å²) >= 11 is 5.07. The van der Waals surface area contributed by atoms with Crippen LogP contribution in [0.4, 0.5) is 0 Å². The highest BCUT2D eigenvalue weighted by Crippen LogP contribution is 2.54. The lowest BCUT2D eigenvalue weighted by Crippen LogP contribution is -2.23. The Morgan fingerprint density at radius 2 is 1.21 bits per heavy atom. The van der Waals surface area contributed by atoms with Gasteiger partial charge in [-0.25, -0.2) is 0 Å². The van der Waals surface area contributed by atoms with Crippen LogP contribution in [0.15, 0.2) is 36.4 Å². The zero-order chi connectivity index (χ0) is 13.0. The molecular formula is C17H14I2. The van der Waals surface area contributed by atoms with Crippen molar-refractivity contribution in [1.29, 1.82) is 0 Å². The molecule has 2 aromatic carbocycles. The summed E-state index contributed by atoms with van der Waals surface area (Å²) < 4.78 is 2.92. The van der Waals surface area contributed by atoms with Crippen LogP contribution in [0.3, 0.4) is 0 Å². The minimum Gasteiger partial charge on any atom is -0.0609 e. The Kier molecular flexibility index (Phi) is 2.96. The highest BCUT2D eigenvalue weighted by Gasteiger charge is 2.46. The molecule has 0 bridgehead atoms. The molecule has 0 saturated heterocycles. The number of halogens is 2. The van der Waals surface area contributed by atoms with Crippen molar-refractivity contribution in [1.82, 2.24) is 0 Å². The second-order valence-electron chi connectivity index (χ2n) is 5.63. The molecule has 2 aromatic rings. The van der Waals surface area contributed by atoms with Gasteiger partial charge in [-0.3, -0.25) is 0 Å².